The Bertz CT molecular complexity index is 385. The van der Waals surface area contributed by atoms with E-state index in [1.54, 1.807) is 0 Å². The van der Waals surface area contributed by atoms with E-state index in [0.717, 1.165) is 5.56 Å². The smallest absolute Gasteiger partial charge is 0.235 e. The van der Waals surface area contributed by atoms with E-state index in [2.05, 4.69) is 5.32 Å². The first kappa shape index (κ1) is 12.2. The van der Waals surface area contributed by atoms with Crippen molar-refractivity contribution in [2.24, 2.45) is 11.1 Å². The fraction of sp³-hybridized carbons (Fsp3) is 0.333. The summed E-state index contributed by atoms with van der Waals surface area (Å²) in [4.78, 5) is 22.7. The minimum atomic E-state index is -1.17. The van der Waals surface area contributed by atoms with Gasteiger partial charge >= 0.3 is 0 Å². The highest BCUT2D eigenvalue weighted by Gasteiger charge is 2.33. The zero-order valence-corrected chi connectivity index (χ0v) is 9.49. The van der Waals surface area contributed by atoms with Crippen LogP contribution in [-0.4, -0.2) is 11.8 Å². The number of nitrogens with one attached hydrogen (secondary N) is 1. The molecule has 0 spiro atoms. The highest BCUT2D eigenvalue weighted by atomic mass is 16.2. The Morgan fingerprint density at radius 2 is 1.81 bits per heavy atom. The van der Waals surface area contributed by atoms with Gasteiger partial charge in [0.15, 0.2) is 0 Å². The van der Waals surface area contributed by atoms with Crippen LogP contribution in [0, 0.1) is 5.41 Å². The van der Waals surface area contributed by atoms with Crippen LogP contribution in [0.25, 0.3) is 0 Å². The molecule has 0 aromatic heterocycles. The number of nitrogens with two attached hydrogens (primary N) is 1. The van der Waals surface area contributed by atoms with Crippen LogP contribution in [0.4, 0.5) is 0 Å². The first-order chi connectivity index (χ1) is 7.44. The SMILES string of the molecule is CC(C)(C(N)=O)C(=O)NCc1ccccc1. The van der Waals surface area contributed by atoms with Crippen molar-refractivity contribution in [1.29, 1.82) is 0 Å². The van der Waals surface area contributed by atoms with Gasteiger partial charge in [-0.1, -0.05) is 30.3 Å². The Labute approximate surface area is 94.8 Å². The third kappa shape index (κ3) is 2.82. The van der Waals surface area contributed by atoms with E-state index in [4.69, 9.17) is 5.73 Å². The van der Waals surface area contributed by atoms with Crippen molar-refractivity contribution < 1.29 is 9.59 Å². The Balaban J connectivity index is 2.57. The van der Waals surface area contributed by atoms with Crippen LogP contribution in [0.2, 0.25) is 0 Å². The largest absolute Gasteiger partial charge is 0.369 e. The lowest BCUT2D eigenvalue weighted by Gasteiger charge is -2.19. The number of benzene rings is 1. The summed E-state index contributed by atoms with van der Waals surface area (Å²) in [6, 6.07) is 9.48. The molecule has 0 heterocycles. The predicted octanol–water partition coefficient (Wildman–Crippen LogP) is 0.814. The summed E-state index contributed by atoms with van der Waals surface area (Å²) in [5, 5.41) is 2.68. The molecule has 0 saturated heterocycles. The maximum atomic E-state index is 11.7. The van der Waals surface area contributed by atoms with Gasteiger partial charge in [0.1, 0.15) is 5.41 Å². The molecule has 0 aliphatic carbocycles. The number of carbonyl (C=O) groups excluding carboxylic acids is 2. The molecule has 0 aliphatic rings. The zero-order chi connectivity index (χ0) is 12.2. The van der Waals surface area contributed by atoms with Gasteiger partial charge in [0.2, 0.25) is 11.8 Å². The van der Waals surface area contributed by atoms with Gasteiger partial charge in [0.05, 0.1) is 0 Å². The summed E-state index contributed by atoms with van der Waals surface area (Å²) in [5.41, 5.74) is 4.95. The number of primary amides is 1. The Kier molecular flexibility index (Phi) is 3.66. The van der Waals surface area contributed by atoms with Crippen molar-refractivity contribution in [2.75, 3.05) is 0 Å². The maximum Gasteiger partial charge on any atom is 0.235 e. The van der Waals surface area contributed by atoms with Crippen LogP contribution in [-0.2, 0) is 16.1 Å². The summed E-state index contributed by atoms with van der Waals surface area (Å²) in [5.74, 6) is -0.984. The predicted molar refractivity (Wildman–Crippen MR) is 61.3 cm³/mol. The fourth-order valence-corrected chi connectivity index (χ4v) is 1.11. The molecule has 0 saturated carbocycles. The molecule has 2 amide bonds. The molecule has 1 aromatic carbocycles. The van der Waals surface area contributed by atoms with E-state index >= 15 is 0 Å². The van der Waals surface area contributed by atoms with Gasteiger partial charge in [-0.05, 0) is 19.4 Å². The average Bonchev–Trinajstić information content (AvgIpc) is 2.27. The third-order valence-electron chi connectivity index (χ3n) is 2.48. The van der Waals surface area contributed by atoms with Crippen molar-refractivity contribution in [3.05, 3.63) is 35.9 Å². The highest BCUT2D eigenvalue weighted by molar-refractivity contribution is 6.03. The van der Waals surface area contributed by atoms with Crippen molar-refractivity contribution in [1.82, 2.24) is 5.32 Å². The van der Waals surface area contributed by atoms with Gasteiger partial charge in [-0.15, -0.1) is 0 Å². The first-order valence-electron chi connectivity index (χ1n) is 5.06. The van der Waals surface area contributed by atoms with Crippen molar-refractivity contribution in [3.8, 4) is 0 Å². The molecule has 0 bridgehead atoms. The highest BCUT2D eigenvalue weighted by Crippen LogP contribution is 2.14. The van der Waals surface area contributed by atoms with Gasteiger partial charge in [-0.25, -0.2) is 0 Å². The monoisotopic (exact) mass is 220 g/mol. The standard InChI is InChI=1S/C12H16N2O2/c1-12(2,10(13)15)11(16)14-8-9-6-4-3-5-7-9/h3-7H,8H2,1-2H3,(H2,13,15)(H,14,16). The van der Waals surface area contributed by atoms with Crippen molar-refractivity contribution in [2.45, 2.75) is 20.4 Å². The summed E-state index contributed by atoms with van der Waals surface area (Å²) >= 11 is 0. The number of rotatable bonds is 4. The molecule has 1 aromatic rings. The van der Waals surface area contributed by atoms with Gasteiger partial charge in [-0.3, -0.25) is 9.59 Å². The first-order valence-corrected chi connectivity index (χ1v) is 5.06. The van der Waals surface area contributed by atoms with Crippen LogP contribution < -0.4 is 11.1 Å². The number of hydrogen-bond acceptors (Lipinski definition) is 2. The van der Waals surface area contributed by atoms with E-state index in [1.165, 1.54) is 13.8 Å². The quantitative estimate of drug-likeness (QED) is 0.737. The Morgan fingerprint density at radius 1 is 1.25 bits per heavy atom. The van der Waals surface area contributed by atoms with Crippen molar-refractivity contribution in [3.63, 3.8) is 0 Å². The number of carbonyl (C=O) groups is 2. The van der Waals surface area contributed by atoms with Gasteiger partial charge in [0, 0.05) is 6.54 Å². The molecule has 86 valence electrons. The second kappa shape index (κ2) is 4.79. The van der Waals surface area contributed by atoms with Gasteiger partial charge < -0.3 is 11.1 Å². The molecular weight excluding hydrogens is 204 g/mol. The van der Waals surface area contributed by atoms with E-state index < -0.39 is 11.3 Å². The summed E-state index contributed by atoms with van der Waals surface area (Å²) in [6.07, 6.45) is 0. The molecule has 1 rings (SSSR count). The molecule has 4 nitrogen and oxygen atoms in total. The normalized spacial score (nSPS) is 10.9. The number of amides is 2. The lowest BCUT2D eigenvalue weighted by molar-refractivity contribution is -0.139. The summed E-state index contributed by atoms with van der Waals surface area (Å²) in [6.45, 7) is 3.42. The molecule has 0 radical (unpaired) electrons. The molecule has 0 aliphatic heterocycles. The fourth-order valence-electron chi connectivity index (χ4n) is 1.11. The average molecular weight is 220 g/mol. The van der Waals surface area contributed by atoms with Crippen LogP contribution in [0.5, 0.6) is 0 Å². The summed E-state index contributed by atoms with van der Waals surface area (Å²) in [7, 11) is 0. The second-order valence-corrected chi connectivity index (χ2v) is 4.16. The lowest BCUT2D eigenvalue weighted by atomic mass is 9.91. The van der Waals surface area contributed by atoms with E-state index in [0.29, 0.717) is 6.54 Å². The third-order valence-corrected chi connectivity index (χ3v) is 2.48. The molecule has 0 fully saturated rings. The summed E-state index contributed by atoms with van der Waals surface area (Å²) < 4.78 is 0. The molecule has 3 N–H and O–H groups in total. The topological polar surface area (TPSA) is 72.2 Å². The van der Waals surface area contributed by atoms with E-state index in [1.807, 2.05) is 30.3 Å². The maximum absolute atomic E-state index is 11.7. The van der Waals surface area contributed by atoms with E-state index in [9.17, 15) is 9.59 Å². The van der Waals surface area contributed by atoms with Gasteiger partial charge in [-0.2, -0.15) is 0 Å². The minimum Gasteiger partial charge on any atom is -0.369 e. The molecule has 16 heavy (non-hydrogen) atoms. The lowest BCUT2D eigenvalue weighted by Crippen LogP contribution is -2.45. The molecular formula is C12H16N2O2. The Hall–Kier alpha value is -1.84. The van der Waals surface area contributed by atoms with Gasteiger partial charge in [0.25, 0.3) is 0 Å². The van der Waals surface area contributed by atoms with Crippen LogP contribution in [0.1, 0.15) is 19.4 Å². The Morgan fingerprint density at radius 3 is 2.31 bits per heavy atom. The zero-order valence-electron chi connectivity index (χ0n) is 9.49. The van der Waals surface area contributed by atoms with Crippen LogP contribution >= 0.6 is 0 Å². The van der Waals surface area contributed by atoms with Crippen LogP contribution in [0.15, 0.2) is 30.3 Å². The van der Waals surface area contributed by atoms with Crippen LogP contribution in [0.3, 0.4) is 0 Å². The molecule has 4 heteroatoms. The number of hydrogen-bond donors (Lipinski definition) is 2. The van der Waals surface area contributed by atoms with E-state index in [-0.39, 0.29) is 5.91 Å². The van der Waals surface area contributed by atoms with Crippen molar-refractivity contribution >= 4 is 11.8 Å². The minimum absolute atomic E-state index is 0.358. The molecule has 0 atom stereocenters. The molecule has 0 unspecified atom stereocenters. The second-order valence-electron chi connectivity index (χ2n) is 4.16.